The first-order chi connectivity index (χ1) is 19.7. The van der Waals surface area contributed by atoms with Crippen molar-refractivity contribution in [1.29, 1.82) is 0 Å². The van der Waals surface area contributed by atoms with Crippen molar-refractivity contribution < 1.29 is 2.85 Å². The molecule has 0 aliphatic carbocycles. The summed E-state index contributed by atoms with van der Waals surface area (Å²) >= 11 is 0. The van der Waals surface area contributed by atoms with Gasteiger partial charge in [-0.1, -0.05) is 69.5 Å². The molecule has 0 radical (unpaired) electrons. The van der Waals surface area contributed by atoms with E-state index in [0.717, 1.165) is 50.2 Å². The van der Waals surface area contributed by atoms with E-state index >= 15 is 0 Å². The maximum atomic E-state index is 4.73. The molecule has 5 heteroatoms. The Morgan fingerprint density at radius 1 is 0.452 bits per heavy atom. The van der Waals surface area contributed by atoms with Crippen LogP contribution in [0.4, 0.5) is 0 Å². The van der Waals surface area contributed by atoms with Gasteiger partial charge >= 0.3 is 0 Å². The van der Waals surface area contributed by atoms with Gasteiger partial charge in [-0.25, -0.2) is 4.98 Å². The van der Waals surface area contributed by atoms with E-state index in [4.69, 9.17) is 4.98 Å². The van der Waals surface area contributed by atoms with Crippen LogP contribution in [-0.2, 0) is 0 Å². The fraction of sp³-hybridized carbons (Fsp3) is 0.108. The van der Waals surface area contributed by atoms with Crippen molar-refractivity contribution in [2.45, 2.75) is 28.7 Å². The number of hydrogen-bond donors (Lipinski definition) is 0. The fourth-order valence-corrected chi connectivity index (χ4v) is 5.43. The Morgan fingerprint density at radius 2 is 0.929 bits per heavy atom. The molecule has 42 heavy (non-hydrogen) atoms. The van der Waals surface area contributed by atoms with Crippen LogP contribution in [0.15, 0.2) is 128 Å². The fourth-order valence-electron chi connectivity index (χ4n) is 5.43. The molecule has 0 unspecified atom stereocenters. The van der Waals surface area contributed by atoms with Gasteiger partial charge in [0.2, 0.25) is 0 Å². The van der Waals surface area contributed by atoms with E-state index in [1.54, 1.807) is 0 Å². The molecular formula is C37H39N5. The van der Waals surface area contributed by atoms with Crippen molar-refractivity contribution in [3.05, 3.63) is 139 Å². The normalized spacial score (nSPS) is 10.7. The molecule has 0 bridgehead atoms. The van der Waals surface area contributed by atoms with Gasteiger partial charge in [-0.05, 0) is 80.6 Å². The second-order valence-electron chi connectivity index (χ2n) is 9.87. The zero-order valence-electron chi connectivity index (χ0n) is 22.4. The number of nitrogens with zero attached hydrogens (tertiary/aromatic N) is 5. The van der Waals surface area contributed by atoms with E-state index in [1.165, 1.54) is 16.6 Å². The standard InChI is InChI=1S/C18H14N2.C17H13N3.2CH4.2H2/c1-13-11-12-17-18(19-13)15-9-5-6-10-16(15)20(17)14-7-3-2-4-8-14;1-12-9-10-15-17(19-12)16-14(8-5-11-18-16)20(15)13-6-3-2-4-7-13;;;;/h2-12H,1H3;2-11H,1H3;2*1H4;2*1H/i;;;;2*1+1. The van der Waals surface area contributed by atoms with Crippen molar-refractivity contribution in [2.75, 3.05) is 0 Å². The Morgan fingerprint density at radius 3 is 1.57 bits per heavy atom. The Balaban J connectivity index is 0.000000220. The summed E-state index contributed by atoms with van der Waals surface area (Å²) in [5.41, 5.74) is 11.9. The van der Waals surface area contributed by atoms with Crippen LogP contribution in [0.3, 0.4) is 0 Å². The maximum Gasteiger partial charge on any atom is 0.115 e. The second kappa shape index (κ2) is 11.7. The van der Waals surface area contributed by atoms with E-state index in [-0.39, 0.29) is 17.7 Å². The lowest BCUT2D eigenvalue weighted by atomic mass is 10.2. The molecule has 8 aromatic rings. The molecule has 0 atom stereocenters. The van der Waals surface area contributed by atoms with Gasteiger partial charge in [-0.15, -0.1) is 0 Å². The number of pyridine rings is 3. The summed E-state index contributed by atoms with van der Waals surface area (Å²) in [6.45, 7) is 4.04. The van der Waals surface area contributed by atoms with E-state index in [0.29, 0.717) is 0 Å². The van der Waals surface area contributed by atoms with Gasteiger partial charge in [0.15, 0.2) is 0 Å². The molecule has 0 N–H and O–H groups in total. The molecule has 0 saturated heterocycles. The molecule has 0 aliphatic rings. The van der Waals surface area contributed by atoms with Crippen LogP contribution in [0.5, 0.6) is 0 Å². The van der Waals surface area contributed by atoms with Gasteiger partial charge < -0.3 is 9.13 Å². The molecule has 0 aliphatic heterocycles. The van der Waals surface area contributed by atoms with Crippen LogP contribution in [0.25, 0.3) is 55.4 Å². The summed E-state index contributed by atoms with van der Waals surface area (Å²) in [5.74, 6) is 0. The van der Waals surface area contributed by atoms with Crippen LogP contribution >= 0.6 is 0 Å². The molecule has 8 rings (SSSR count). The number of fused-ring (bicyclic) bond motifs is 6. The minimum absolute atomic E-state index is 0. The number of benzene rings is 3. The number of aryl methyl sites for hydroxylation is 2. The average molecular weight is 556 g/mol. The topological polar surface area (TPSA) is 48.5 Å². The van der Waals surface area contributed by atoms with Crippen LogP contribution < -0.4 is 0 Å². The molecule has 0 fully saturated rings. The minimum Gasteiger partial charge on any atom is -0.308 e. The number of rotatable bonds is 2. The van der Waals surface area contributed by atoms with Gasteiger partial charge in [-0.2, -0.15) is 0 Å². The lowest BCUT2D eigenvalue weighted by molar-refractivity contribution is 1.16. The van der Waals surface area contributed by atoms with Gasteiger partial charge in [0.25, 0.3) is 0 Å². The van der Waals surface area contributed by atoms with Gasteiger partial charge in [-0.3, -0.25) is 9.97 Å². The number of hydrogen-bond acceptors (Lipinski definition) is 3. The maximum absolute atomic E-state index is 4.73. The number of aromatic nitrogens is 5. The van der Waals surface area contributed by atoms with E-state index < -0.39 is 0 Å². The average Bonchev–Trinajstić information content (AvgIpc) is 3.51. The van der Waals surface area contributed by atoms with Crippen LogP contribution in [0.1, 0.15) is 29.1 Å². The molecule has 3 aromatic carbocycles. The third kappa shape index (κ3) is 4.79. The Kier molecular flexibility index (Phi) is 7.85. The highest BCUT2D eigenvalue weighted by atomic mass is 15.0. The first-order valence-electron chi connectivity index (χ1n) is 13.4. The van der Waals surface area contributed by atoms with Gasteiger partial charge in [0.05, 0.1) is 27.6 Å². The van der Waals surface area contributed by atoms with E-state index in [2.05, 4.69) is 104 Å². The van der Waals surface area contributed by atoms with Crippen molar-refractivity contribution in [3.63, 3.8) is 0 Å². The van der Waals surface area contributed by atoms with Crippen LogP contribution in [-0.4, -0.2) is 24.1 Å². The van der Waals surface area contributed by atoms with Crippen LogP contribution in [0.2, 0.25) is 0 Å². The van der Waals surface area contributed by atoms with Crippen molar-refractivity contribution in [2.24, 2.45) is 0 Å². The summed E-state index contributed by atoms with van der Waals surface area (Å²) < 4.78 is 4.49. The van der Waals surface area contributed by atoms with Crippen molar-refractivity contribution in [3.8, 4) is 11.4 Å². The summed E-state index contributed by atoms with van der Waals surface area (Å²) in [7, 11) is 0. The third-order valence-electron chi connectivity index (χ3n) is 7.19. The monoisotopic (exact) mass is 555 g/mol. The van der Waals surface area contributed by atoms with Crippen LogP contribution in [0, 0.1) is 13.8 Å². The Bertz CT molecular complexity index is 1980. The molecule has 0 spiro atoms. The predicted molar refractivity (Wildman–Crippen MR) is 182 cm³/mol. The largest absolute Gasteiger partial charge is 0.308 e. The lowest BCUT2D eigenvalue weighted by Gasteiger charge is -2.06. The predicted octanol–water partition coefficient (Wildman–Crippen LogP) is 10.1. The molecule has 5 heterocycles. The highest BCUT2D eigenvalue weighted by Crippen LogP contribution is 2.31. The van der Waals surface area contributed by atoms with E-state index in [9.17, 15) is 0 Å². The summed E-state index contributed by atoms with van der Waals surface area (Å²) in [6.07, 6.45) is 1.82. The molecule has 0 amide bonds. The third-order valence-corrected chi connectivity index (χ3v) is 7.19. The van der Waals surface area contributed by atoms with Gasteiger partial charge in [0, 0.05) is 37.2 Å². The first-order valence-corrected chi connectivity index (χ1v) is 13.4. The summed E-state index contributed by atoms with van der Waals surface area (Å²) in [6, 6.07) is 41.6. The van der Waals surface area contributed by atoms with E-state index in [1.807, 2.05) is 56.4 Å². The highest BCUT2D eigenvalue weighted by Gasteiger charge is 2.14. The SMILES string of the molecule is C.C.Cc1ccc2c(n1)c1ccccc1n2-c1ccccc1.Cc1ccc2c(n1)c1ncccc1n2-c1ccccc1.[2HH].[2HH]. The summed E-state index contributed by atoms with van der Waals surface area (Å²) in [5, 5.41) is 1.20. The Labute approximate surface area is 249 Å². The molecule has 212 valence electrons. The molecule has 0 saturated carbocycles. The smallest absolute Gasteiger partial charge is 0.115 e. The van der Waals surface area contributed by atoms with Crippen molar-refractivity contribution >= 4 is 44.0 Å². The Hall–Kier alpha value is -5.29. The quantitative estimate of drug-likeness (QED) is 0.213. The second-order valence-corrected chi connectivity index (χ2v) is 9.87. The highest BCUT2D eigenvalue weighted by molar-refractivity contribution is 6.07. The summed E-state index contributed by atoms with van der Waals surface area (Å²) in [4.78, 5) is 13.9. The lowest BCUT2D eigenvalue weighted by Crippen LogP contribution is -1.93. The first kappa shape index (κ1) is 28.2. The molecule has 5 aromatic heterocycles. The zero-order chi connectivity index (χ0) is 27.1. The molecule has 5 nitrogen and oxygen atoms in total. The van der Waals surface area contributed by atoms with Gasteiger partial charge in [0.1, 0.15) is 11.0 Å². The minimum atomic E-state index is 0. The number of para-hydroxylation sites is 3. The zero-order valence-corrected chi connectivity index (χ0v) is 22.4. The van der Waals surface area contributed by atoms with Crippen molar-refractivity contribution in [1.82, 2.24) is 24.1 Å². The molecular weight excluding hydrogens is 514 g/mol.